The number of furan rings is 1. The van der Waals surface area contributed by atoms with E-state index in [2.05, 4.69) is 34.2 Å². The predicted molar refractivity (Wildman–Crippen MR) is 118 cm³/mol. The van der Waals surface area contributed by atoms with Crippen LogP contribution in [-0.2, 0) is 4.79 Å². The lowest BCUT2D eigenvalue weighted by Crippen LogP contribution is -2.39. The lowest BCUT2D eigenvalue weighted by atomic mass is 10.1. The standard InChI is InChI=1S/C21H27N3O2.C2HF3O2/c1-15-13-17(7-8-19(15)22-21(25)20-6-4-12-26-20)23-11-9-18(14-23)24-10-3-5-16(24)2;3-2(4,5)1(6)7/h4,6-8,12-13,16,18H,3,5,9-11,14H2,1-2H3,(H,22,25);(H,6,7)/t16-,18-;/m0./s1. The van der Waals surface area contributed by atoms with Crippen LogP contribution in [0.3, 0.4) is 0 Å². The van der Waals surface area contributed by atoms with Gasteiger partial charge in [0, 0.05) is 36.5 Å². The number of amides is 1. The van der Waals surface area contributed by atoms with Gasteiger partial charge in [0.1, 0.15) is 0 Å². The molecule has 0 bridgehead atoms. The van der Waals surface area contributed by atoms with Gasteiger partial charge >= 0.3 is 12.1 Å². The molecule has 3 heterocycles. The number of carbonyl (C=O) groups is 2. The van der Waals surface area contributed by atoms with E-state index < -0.39 is 12.1 Å². The first kappa shape index (κ1) is 24.6. The first-order valence-corrected chi connectivity index (χ1v) is 10.8. The van der Waals surface area contributed by atoms with E-state index in [1.807, 2.05) is 13.0 Å². The number of carbonyl (C=O) groups excluding carboxylic acids is 1. The number of aryl methyl sites for hydroxylation is 1. The van der Waals surface area contributed by atoms with Crippen molar-refractivity contribution in [3.05, 3.63) is 47.9 Å². The highest BCUT2D eigenvalue weighted by atomic mass is 19.4. The largest absolute Gasteiger partial charge is 0.490 e. The smallest absolute Gasteiger partial charge is 0.475 e. The molecule has 2 saturated heterocycles. The molecule has 2 aromatic rings. The molecule has 0 radical (unpaired) electrons. The number of aliphatic carboxylic acids is 1. The zero-order valence-corrected chi connectivity index (χ0v) is 18.6. The number of nitrogens with one attached hydrogen (secondary N) is 1. The summed E-state index contributed by atoms with van der Waals surface area (Å²) in [5, 5.41) is 10.1. The number of benzene rings is 1. The first-order chi connectivity index (χ1) is 15.6. The number of anilines is 2. The molecule has 2 N–H and O–H groups in total. The Bertz CT molecular complexity index is 962. The number of hydrogen-bond donors (Lipinski definition) is 2. The predicted octanol–water partition coefficient (Wildman–Crippen LogP) is 4.54. The van der Waals surface area contributed by atoms with Crippen molar-refractivity contribution in [1.82, 2.24) is 4.90 Å². The number of carboxylic acids is 1. The molecule has 7 nitrogen and oxygen atoms in total. The van der Waals surface area contributed by atoms with Crippen molar-refractivity contribution >= 4 is 23.3 Å². The van der Waals surface area contributed by atoms with E-state index >= 15 is 0 Å². The minimum Gasteiger partial charge on any atom is -0.475 e. The Morgan fingerprint density at radius 2 is 1.91 bits per heavy atom. The fourth-order valence-corrected chi connectivity index (χ4v) is 4.32. The maximum Gasteiger partial charge on any atom is 0.490 e. The van der Waals surface area contributed by atoms with Crippen LogP contribution >= 0.6 is 0 Å². The van der Waals surface area contributed by atoms with E-state index in [9.17, 15) is 18.0 Å². The SMILES string of the molecule is Cc1cc(N2CC[C@H](N3CCC[C@@H]3C)C2)ccc1NC(=O)c1ccco1.O=C(O)C(F)(F)F. The van der Waals surface area contributed by atoms with Crippen LogP contribution in [0.4, 0.5) is 24.5 Å². The summed E-state index contributed by atoms with van der Waals surface area (Å²) in [5.74, 6) is -2.64. The summed E-state index contributed by atoms with van der Waals surface area (Å²) in [5.41, 5.74) is 3.15. The van der Waals surface area contributed by atoms with Gasteiger partial charge in [-0.1, -0.05) is 0 Å². The van der Waals surface area contributed by atoms with Crippen molar-refractivity contribution in [2.45, 2.75) is 51.4 Å². The van der Waals surface area contributed by atoms with Crippen LogP contribution in [0.2, 0.25) is 0 Å². The van der Waals surface area contributed by atoms with Gasteiger partial charge in [0.2, 0.25) is 0 Å². The molecular weight excluding hydrogens is 439 g/mol. The van der Waals surface area contributed by atoms with Crippen LogP contribution in [0.15, 0.2) is 41.0 Å². The van der Waals surface area contributed by atoms with E-state index in [0.29, 0.717) is 11.8 Å². The highest BCUT2D eigenvalue weighted by molar-refractivity contribution is 6.02. The number of carboxylic acid groups (broad SMARTS) is 1. The molecule has 33 heavy (non-hydrogen) atoms. The maximum absolute atomic E-state index is 12.2. The molecule has 0 aliphatic carbocycles. The fraction of sp³-hybridized carbons (Fsp3) is 0.478. The van der Waals surface area contributed by atoms with Crippen LogP contribution in [0, 0.1) is 6.92 Å². The second-order valence-corrected chi connectivity index (χ2v) is 8.35. The van der Waals surface area contributed by atoms with Crippen molar-refractivity contribution in [1.29, 1.82) is 0 Å². The van der Waals surface area contributed by atoms with Crippen LogP contribution in [0.1, 0.15) is 42.3 Å². The Morgan fingerprint density at radius 3 is 2.45 bits per heavy atom. The lowest BCUT2D eigenvalue weighted by molar-refractivity contribution is -0.192. The van der Waals surface area contributed by atoms with Crippen LogP contribution in [-0.4, -0.2) is 59.8 Å². The average molecular weight is 467 g/mol. The minimum atomic E-state index is -5.08. The second-order valence-electron chi connectivity index (χ2n) is 8.35. The molecule has 1 aromatic carbocycles. The van der Waals surface area contributed by atoms with E-state index in [1.165, 1.54) is 37.8 Å². The molecule has 0 spiro atoms. The Labute approximate surface area is 190 Å². The highest BCUT2D eigenvalue weighted by Gasteiger charge is 2.38. The molecule has 180 valence electrons. The summed E-state index contributed by atoms with van der Waals surface area (Å²) >= 11 is 0. The molecule has 0 unspecified atom stereocenters. The molecule has 2 aliphatic heterocycles. The van der Waals surface area contributed by atoms with Gasteiger partial charge in [-0.25, -0.2) is 4.79 Å². The van der Waals surface area contributed by atoms with Gasteiger partial charge in [-0.2, -0.15) is 13.2 Å². The number of rotatable bonds is 4. The number of likely N-dealkylation sites (tertiary alicyclic amines) is 1. The first-order valence-electron chi connectivity index (χ1n) is 10.8. The number of hydrogen-bond acceptors (Lipinski definition) is 5. The van der Waals surface area contributed by atoms with Gasteiger partial charge in [-0.05, 0) is 75.5 Å². The van der Waals surface area contributed by atoms with Crippen molar-refractivity contribution in [2.75, 3.05) is 29.9 Å². The molecule has 2 atom stereocenters. The van der Waals surface area contributed by atoms with Gasteiger partial charge in [0.15, 0.2) is 5.76 Å². The van der Waals surface area contributed by atoms with Crippen LogP contribution in [0.25, 0.3) is 0 Å². The van der Waals surface area contributed by atoms with Gasteiger partial charge in [-0.3, -0.25) is 9.69 Å². The Balaban J connectivity index is 0.000000383. The summed E-state index contributed by atoms with van der Waals surface area (Å²) in [6.45, 7) is 7.84. The monoisotopic (exact) mass is 467 g/mol. The normalized spacial score (nSPS) is 20.9. The third-order valence-electron chi connectivity index (χ3n) is 6.05. The van der Waals surface area contributed by atoms with E-state index in [4.69, 9.17) is 14.3 Å². The van der Waals surface area contributed by atoms with Gasteiger partial charge < -0.3 is 19.7 Å². The molecule has 10 heteroatoms. The van der Waals surface area contributed by atoms with E-state index in [0.717, 1.165) is 30.4 Å². The Morgan fingerprint density at radius 1 is 1.18 bits per heavy atom. The highest BCUT2D eigenvalue weighted by Crippen LogP contribution is 2.30. The third kappa shape index (κ3) is 6.28. The molecule has 1 aromatic heterocycles. The van der Waals surface area contributed by atoms with Gasteiger partial charge in [0.05, 0.1) is 6.26 Å². The third-order valence-corrected chi connectivity index (χ3v) is 6.05. The van der Waals surface area contributed by atoms with Crippen LogP contribution < -0.4 is 10.2 Å². The van der Waals surface area contributed by atoms with E-state index in [-0.39, 0.29) is 5.91 Å². The van der Waals surface area contributed by atoms with E-state index in [1.54, 1.807) is 12.1 Å². The molecule has 0 saturated carbocycles. The maximum atomic E-state index is 12.2. The van der Waals surface area contributed by atoms with Crippen molar-refractivity contribution in [3.8, 4) is 0 Å². The zero-order valence-electron chi connectivity index (χ0n) is 18.6. The van der Waals surface area contributed by atoms with Crippen LogP contribution in [0.5, 0.6) is 0 Å². The molecular formula is C23H28F3N3O4. The van der Waals surface area contributed by atoms with Gasteiger partial charge in [-0.15, -0.1) is 0 Å². The summed E-state index contributed by atoms with van der Waals surface area (Å²) in [4.78, 5) is 26.2. The molecule has 2 fully saturated rings. The molecule has 1 amide bonds. The molecule has 4 rings (SSSR count). The summed E-state index contributed by atoms with van der Waals surface area (Å²) < 4.78 is 36.9. The topological polar surface area (TPSA) is 86.0 Å². The quantitative estimate of drug-likeness (QED) is 0.687. The molecule has 2 aliphatic rings. The summed E-state index contributed by atoms with van der Waals surface area (Å²) in [6.07, 6.45) is 0.330. The average Bonchev–Trinajstić information content (AvgIpc) is 3.50. The Hall–Kier alpha value is -3.01. The number of nitrogens with zero attached hydrogens (tertiary/aromatic N) is 2. The lowest BCUT2D eigenvalue weighted by Gasteiger charge is -2.28. The van der Waals surface area contributed by atoms with Crippen molar-refractivity contribution in [3.63, 3.8) is 0 Å². The van der Waals surface area contributed by atoms with Crippen molar-refractivity contribution < 1.29 is 32.3 Å². The zero-order chi connectivity index (χ0) is 24.2. The van der Waals surface area contributed by atoms with Crippen molar-refractivity contribution in [2.24, 2.45) is 0 Å². The second kappa shape index (κ2) is 10.3. The summed E-state index contributed by atoms with van der Waals surface area (Å²) in [6, 6.07) is 11.1. The number of halogens is 3. The van der Waals surface area contributed by atoms with Gasteiger partial charge in [0.25, 0.3) is 5.91 Å². The summed E-state index contributed by atoms with van der Waals surface area (Å²) in [7, 11) is 0. The minimum absolute atomic E-state index is 0.213. The fourth-order valence-electron chi connectivity index (χ4n) is 4.32. The number of alkyl halides is 3. The Kier molecular flexibility index (Phi) is 7.68.